The quantitative estimate of drug-likeness (QED) is 0.824. The van der Waals surface area contributed by atoms with Gasteiger partial charge in [0.2, 0.25) is 0 Å². The first kappa shape index (κ1) is 11.2. The van der Waals surface area contributed by atoms with Gasteiger partial charge < -0.3 is 10.8 Å². The van der Waals surface area contributed by atoms with Crippen molar-refractivity contribution in [2.45, 2.75) is 19.1 Å². The predicted molar refractivity (Wildman–Crippen MR) is 62.8 cm³/mol. The van der Waals surface area contributed by atoms with Crippen molar-refractivity contribution in [2.75, 3.05) is 0 Å². The van der Waals surface area contributed by atoms with Gasteiger partial charge in [-0.1, -0.05) is 23.7 Å². The first-order valence-electron chi connectivity index (χ1n) is 3.91. The minimum Gasteiger partial charge on any atom is -0.391 e. The van der Waals surface area contributed by atoms with Crippen LogP contribution < -0.4 is 5.73 Å². The SMILES string of the molecule is CC(O)C(N)c1cccc(I)c1Cl. The van der Waals surface area contributed by atoms with Crippen molar-refractivity contribution < 1.29 is 5.11 Å². The Hall–Kier alpha value is 0.160. The van der Waals surface area contributed by atoms with Crippen LogP contribution in [0.4, 0.5) is 0 Å². The molecule has 0 heterocycles. The minimum atomic E-state index is -0.587. The molecule has 0 aromatic heterocycles. The van der Waals surface area contributed by atoms with Gasteiger partial charge in [0.05, 0.1) is 17.2 Å². The summed E-state index contributed by atoms with van der Waals surface area (Å²) >= 11 is 8.17. The number of nitrogens with two attached hydrogens (primary N) is 1. The van der Waals surface area contributed by atoms with Crippen LogP contribution in [0.25, 0.3) is 0 Å². The summed E-state index contributed by atoms with van der Waals surface area (Å²) in [4.78, 5) is 0. The molecule has 2 unspecified atom stereocenters. The Balaban J connectivity index is 3.07. The van der Waals surface area contributed by atoms with Crippen LogP contribution in [-0.4, -0.2) is 11.2 Å². The van der Waals surface area contributed by atoms with Gasteiger partial charge in [0.25, 0.3) is 0 Å². The largest absolute Gasteiger partial charge is 0.391 e. The first-order valence-corrected chi connectivity index (χ1v) is 5.37. The van der Waals surface area contributed by atoms with Gasteiger partial charge in [-0.15, -0.1) is 0 Å². The van der Waals surface area contributed by atoms with Crippen LogP contribution in [0, 0.1) is 3.57 Å². The molecule has 1 rings (SSSR count). The average Bonchev–Trinajstić information content (AvgIpc) is 2.08. The molecule has 0 radical (unpaired) electrons. The molecule has 0 saturated carbocycles. The monoisotopic (exact) mass is 311 g/mol. The predicted octanol–water partition coefficient (Wildman–Crippen LogP) is 2.33. The molecule has 2 atom stereocenters. The van der Waals surface area contributed by atoms with Gasteiger partial charge in [-0.3, -0.25) is 0 Å². The Bertz CT molecular complexity index is 304. The number of rotatable bonds is 2. The van der Waals surface area contributed by atoms with E-state index in [9.17, 15) is 5.11 Å². The molecule has 2 nitrogen and oxygen atoms in total. The Morgan fingerprint density at radius 1 is 1.54 bits per heavy atom. The molecule has 1 aromatic carbocycles. The number of benzene rings is 1. The number of aliphatic hydroxyl groups is 1. The van der Waals surface area contributed by atoms with Gasteiger partial charge in [0, 0.05) is 3.57 Å². The van der Waals surface area contributed by atoms with E-state index in [1.54, 1.807) is 6.92 Å². The van der Waals surface area contributed by atoms with Gasteiger partial charge >= 0.3 is 0 Å². The van der Waals surface area contributed by atoms with Crippen LogP contribution in [0.2, 0.25) is 5.02 Å². The lowest BCUT2D eigenvalue weighted by Gasteiger charge is -2.16. The smallest absolute Gasteiger partial charge is 0.0705 e. The Morgan fingerprint density at radius 2 is 2.15 bits per heavy atom. The molecule has 0 bridgehead atoms. The van der Waals surface area contributed by atoms with Crippen molar-refractivity contribution in [3.63, 3.8) is 0 Å². The lowest BCUT2D eigenvalue weighted by Crippen LogP contribution is -2.23. The number of halogens is 2. The molecular formula is C9H11ClINO. The van der Waals surface area contributed by atoms with Crippen molar-refractivity contribution >= 4 is 34.2 Å². The van der Waals surface area contributed by atoms with Gasteiger partial charge in [-0.05, 0) is 41.1 Å². The molecule has 0 spiro atoms. The maximum Gasteiger partial charge on any atom is 0.0705 e. The summed E-state index contributed by atoms with van der Waals surface area (Å²) in [7, 11) is 0. The minimum absolute atomic E-state index is 0.415. The number of hydrogen-bond donors (Lipinski definition) is 2. The van der Waals surface area contributed by atoms with E-state index in [4.69, 9.17) is 17.3 Å². The summed E-state index contributed by atoms with van der Waals surface area (Å²) in [6, 6.07) is 5.20. The second-order valence-electron chi connectivity index (χ2n) is 2.91. The molecule has 4 heteroatoms. The number of aliphatic hydroxyl groups excluding tert-OH is 1. The summed E-state index contributed by atoms with van der Waals surface area (Å²) < 4.78 is 0.952. The zero-order valence-electron chi connectivity index (χ0n) is 7.17. The molecule has 3 N–H and O–H groups in total. The maximum absolute atomic E-state index is 9.30. The van der Waals surface area contributed by atoms with Crippen LogP contribution in [0.3, 0.4) is 0 Å². The van der Waals surface area contributed by atoms with Crippen molar-refractivity contribution in [3.05, 3.63) is 32.4 Å². The van der Waals surface area contributed by atoms with Gasteiger partial charge in [0.1, 0.15) is 0 Å². The summed E-state index contributed by atoms with van der Waals surface area (Å²) in [6.45, 7) is 1.65. The van der Waals surface area contributed by atoms with Gasteiger partial charge in [0.15, 0.2) is 0 Å². The summed E-state index contributed by atoms with van der Waals surface area (Å²) in [5.74, 6) is 0. The van der Waals surface area contributed by atoms with E-state index in [0.717, 1.165) is 9.13 Å². The van der Waals surface area contributed by atoms with Crippen molar-refractivity contribution in [1.29, 1.82) is 0 Å². The van der Waals surface area contributed by atoms with E-state index in [2.05, 4.69) is 22.6 Å². The fourth-order valence-corrected chi connectivity index (χ4v) is 1.81. The highest BCUT2D eigenvalue weighted by atomic mass is 127. The summed E-state index contributed by atoms with van der Waals surface area (Å²) in [6.07, 6.45) is -0.587. The Kier molecular flexibility index (Phi) is 3.97. The third-order valence-electron chi connectivity index (χ3n) is 1.86. The Labute approximate surface area is 96.2 Å². The zero-order valence-corrected chi connectivity index (χ0v) is 10.1. The first-order chi connectivity index (χ1) is 6.04. The molecule has 0 aliphatic rings. The second-order valence-corrected chi connectivity index (χ2v) is 4.45. The molecule has 0 aliphatic heterocycles. The summed E-state index contributed by atoms with van der Waals surface area (Å²) in [5, 5.41) is 9.94. The molecule has 72 valence electrons. The normalized spacial score (nSPS) is 15.5. The van der Waals surface area contributed by atoms with Crippen LogP contribution in [0.5, 0.6) is 0 Å². The molecule has 0 aliphatic carbocycles. The highest BCUT2D eigenvalue weighted by Gasteiger charge is 2.15. The fourth-order valence-electron chi connectivity index (χ4n) is 1.04. The van der Waals surface area contributed by atoms with Gasteiger partial charge in [-0.2, -0.15) is 0 Å². The Morgan fingerprint density at radius 3 is 2.69 bits per heavy atom. The van der Waals surface area contributed by atoms with E-state index in [1.807, 2.05) is 18.2 Å². The van der Waals surface area contributed by atoms with Gasteiger partial charge in [-0.25, -0.2) is 0 Å². The van der Waals surface area contributed by atoms with Crippen molar-refractivity contribution in [3.8, 4) is 0 Å². The average molecular weight is 312 g/mol. The van der Waals surface area contributed by atoms with Crippen molar-refractivity contribution in [1.82, 2.24) is 0 Å². The lowest BCUT2D eigenvalue weighted by atomic mass is 10.0. The van der Waals surface area contributed by atoms with E-state index < -0.39 is 12.1 Å². The van der Waals surface area contributed by atoms with E-state index in [-0.39, 0.29) is 0 Å². The maximum atomic E-state index is 9.30. The topological polar surface area (TPSA) is 46.2 Å². The van der Waals surface area contributed by atoms with Crippen LogP contribution in [0.1, 0.15) is 18.5 Å². The van der Waals surface area contributed by atoms with Crippen LogP contribution in [0.15, 0.2) is 18.2 Å². The van der Waals surface area contributed by atoms with Crippen molar-refractivity contribution in [2.24, 2.45) is 5.73 Å². The van der Waals surface area contributed by atoms with Crippen LogP contribution >= 0.6 is 34.2 Å². The molecule has 0 saturated heterocycles. The third kappa shape index (κ3) is 2.56. The fraction of sp³-hybridized carbons (Fsp3) is 0.333. The zero-order chi connectivity index (χ0) is 10.0. The summed E-state index contributed by atoms with van der Waals surface area (Å²) in [5.41, 5.74) is 6.56. The number of hydrogen-bond acceptors (Lipinski definition) is 2. The lowest BCUT2D eigenvalue weighted by molar-refractivity contribution is 0.164. The highest BCUT2D eigenvalue weighted by Crippen LogP contribution is 2.27. The van der Waals surface area contributed by atoms with E-state index >= 15 is 0 Å². The molecule has 0 amide bonds. The molecular weight excluding hydrogens is 300 g/mol. The molecule has 0 fully saturated rings. The standard InChI is InChI=1S/C9H11ClINO/c1-5(13)9(12)6-3-2-4-7(11)8(6)10/h2-5,9,13H,12H2,1H3. The molecule has 13 heavy (non-hydrogen) atoms. The molecule has 1 aromatic rings. The van der Waals surface area contributed by atoms with Crippen LogP contribution in [-0.2, 0) is 0 Å². The highest BCUT2D eigenvalue weighted by molar-refractivity contribution is 14.1. The second kappa shape index (κ2) is 4.59. The van der Waals surface area contributed by atoms with E-state index in [0.29, 0.717) is 5.02 Å². The third-order valence-corrected chi connectivity index (χ3v) is 3.50. The van der Waals surface area contributed by atoms with E-state index in [1.165, 1.54) is 0 Å².